The van der Waals surface area contributed by atoms with E-state index in [0.29, 0.717) is 6.42 Å². The van der Waals surface area contributed by atoms with Crippen LogP contribution in [0.15, 0.2) is 60.9 Å². The van der Waals surface area contributed by atoms with Crippen LogP contribution in [0.3, 0.4) is 0 Å². The highest BCUT2D eigenvalue weighted by Crippen LogP contribution is 2.43. The van der Waals surface area contributed by atoms with Crippen molar-refractivity contribution in [3.63, 3.8) is 0 Å². The van der Waals surface area contributed by atoms with Crippen LogP contribution >= 0.6 is 7.82 Å². The minimum absolute atomic E-state index is 0.0907. The minimum atomic E-state index is -4.28. The number of carbonyl (C=O) groups is 1. The quantitative estimate of drug-likeness (QED) is 0.0214. The number of nitrogens with two attached hydrogens (primary N) is 1. The third-order valence-corrected chi connectivity index (χ3v) is 8.98. The average Bonchev–Trinajstić information content (AvgIpc) is 3.11. The number of unbranched alkanes of at least 4 members (excludes halogenated alkanes) is 16. The van der Waals surface area contributed by atoms with Crippen molar-refractivity contribution >= 4 is 13.8 Å². The van der Waals surface area contributed by atoms with Gasteiger partial charge in [0.05, 0.1) is 19.5 Å². The standard InChI is InChI=1S/C41H74NO7P/c1-3-5-7-9-11-13-15-17-19-21-23-25-27-29-31-33-36-46-40(39-49-50(44,45)48-37-35-42)38-47-41(43)34-32-30-28-26-24-22-20-18-16-14-12-10-8-6-4-2/h12,14,17-20,24,26,33,36,40H,3-11,13,15-16,21-23,25,27-32,34-35,37-39,42H2,1-2H3,(H,44,45)/t40-/m1/s1. The summed E-state index contributed by atoms with van der Waals surface area (Å²) in [6.07, 6.45) is 46.2. The number of rotatable bonds is 37. The van der Waals surface area contributed by atoms with Gasteiger partial charge in [-0.2, -0.15) is 0 Å². The van der Waals surface area contributed by atoms with E-state index in [1.54, 1.807) is 6.26 Å². The fourth-order valence-corrected chi connectivity index (χ4v) is 5.75. The molecule has 0 aromatic heterocycles. The largest absolute Gasteiger partial charge is 0.492 e. The van der Waals surface area contributed by atoms with Crippen LogP contribution in [0.2, 0.25) is 0 Å². The first-order valence-electron chi connectivity index (χ1n) is 19.8. The number of allylic oxidation sites excluding steroid dienone is 9. The Labute approximate surface area is 306 Å². The molecule has 290 valence electrons. The van der Waals surface area contributed by atoms with Gasteiger partial charge in [0.25, 0.3) is 0 Å². The molecule has 0 fully saturated rings. The van der Waals surface area contributed by atoms with Crippen LogP contribution in [0.4, 0.5) is 0 Å². The van der Waals surface area contributed by atoms with Crippen LogP contribution in [0.25, 0.3) is 0 Å². The van der Waals surface area contributed by atoms with Crippen molar-refractivity contribution in [1.29, 1.82) is 0 Å². The Morgan fingerprint density at radius 3 is 1.66 bits per heavy atom. The number of phosphoric acid groups is 1. The number of phosphoric ester groups is 1. The van der Waals surface area contributed by atoms with Gasteiger partial charge in [-0.3, -0.25) is 13.8 Å². The zero-order valence-electron chi connectivity index (χ0n) is 31.9. The van der Waals surface area contributed by atoms with Crippen molar-refractivity contribution in [2.75, 3.05) is 26.4 Å². The first-order chi connectivity index (χ1) is 24.4. The van der Waals surface area contributed by atoms with Crippen molar-refractivity contribution in [2.45, 2.75) is 168 Å². The molecular weight excluding hydrogens is 649 g/mol. The molecule has 0 aliphatic heterocycles. The van der Waals surface area contributed by atoms with Crippen LogP contribution in [-0.4, -0.2) is 43.3 Å². The maximum absolute atomic E-state index is 12.3. The first kappa shape index (κ1) is 48.0. The molecule has 1 unspecified atom stereocenters. The van der Waals surface area contributed by atoms with Gasteiger partial charge in [0.15, 0.2) is 6.10 Å². The van der Waals surface area contributed by atoms with Crippen LogP contribution in [0.5, 0.6) is 0 Å². The van der Waals surface area contributed by atoms with E-state index < -0.39 is 13.9 Å². The summed E-state index contributed by atoms with van der Waals surface area (Å²) in [4.78, 5) is 22.2. The highest BCUT2D eigenvalue weighted by molar-refractivity contribution is 7.47. The van der Waals surface area contributed by atoms with Crippen LogP contribution < -0.4 is 5.73 Å². The molecule has 9 heteroatoms. The van der Waals surface area contributed by atoms with E-state index >= 15 is 0 Å². The molecule has 0 rings (SSSR count). The predicted molar refractivity (Wildman–Crippen MR) is 210 cm³/mol. The zero-order valence-corrected chi connectivity index (χ0v) is 32.8. The van der Waals surface area contributed by atoms with Gasteiger partial charge in [0, 0.05) is 13.0 Å². The van der Waals surface area contributed by atoms with E-state index in [1.165, 1.54) is 83.5 Å². The van der Waals surface area contributed by atoms with Gasteiger partial charge in [0.2, 0.25) is 0 Å². The summed E-state index contributed by atoms with van der Waals surface area (Å²) < 4.78 is 33.1. The summed E-state index contributed by atoms with van der Waals surface area (Å²) in [6.45, 7) is 4.11. The molecule has 0 aliphatic carbocycles. The van der Waals surface area contributed by atoms with Gasteiger partial charge in [-0.1, -0.05) is 120 Å². The third kappa shape index (κ3) is 37.3. The van der Waals surface area contributed by atoms with Gasteiger partial charge >= 0.3 is 13.8 Å². The molecule has 0 saturated heterocycles. The summed E-state index contributed by atoms with van der Waals surface area (Å²) in [5.41, 5.74) is 5.35. The second kappa shape index (κ2) is 38.3. The molecule has 0 aromatic rings. The molecule has 0 aromatic carbocycles. The number of ether oxygens (including phenoxy) is 2. The lowest BCUT2D eigenvalue weighted by Gasteiger charge is -2.19. The summed E-state index contributed by atoms with van der Waals surface area (Å²) in [5.74, 6) is -0.332. The van der Waals surface area contributed by atoms with Crippen molar-refractivity contribution in [1.82, 2.24) is 0 Å². The summed E-state index contributed by atoms with van der Waals surface area (Å²) in [7, 11) is -4.28. The van der Waals surface area contributed by atoms with E-state index in [-0.39, 0.29) is 32.3 Å². The maximum atomic E-state index is 12.3. The van der Waals surface area contributed by atoms with E-state index in [4.69, 9.17) is 24.3 Å². The molecule has 3 N–H and O–H groups in total. The summed E-state index contributed by atoms with van der Waals surface area (Å²) in [5, 5.41) is 0. The highest BCUT2D eigenvalue weighted by Gasteiger charge is 2.24. The summed E-state index contributed by atoms with van der Waals surface area (Å²) >= 11 is 0. The van der Waals surface area contributed by atoms with E-state index in [0.717, 1.165) is 57.8 Å². The molecule has 8 nitrogen and oxygen atoms in total. The lowest BCUT2D eigenvalue weighted by Crippen LogP contribution is -2.25. The van der Waals surface area contributed by atoms with Crippen LogP contribution in [0.1, 0.15) is 162 Å². The Morgan fingerprint density at radius 2 is 1.08 bits per heavy atom. The molecule has 2 atom stereocenters. The lowest BCUT2D eigenvalue weighted by atomic mass is 10.1. The molecule has 0 saturated carbocycles. The fraction of sp³-hybridized carbons (Fsp3) is 0.732. The molecule has 0 bridgehead atoms. The molecule has 0 radical (unpaired) electrons. The van der Waals surface area contributed by atoms with Crippen molar-refractivity contribution < 1.29 is 32.8 Å². The number of carbonyl (C=O) groups excluding carboxylic acids is 1. The Morgan fingerprint density at radius 1 is 0.620 bits per heavy atom. The van der Waals surface area contributed by atoms with Crippen molar-refractivity contribution in [3.8, 4) is 0 Å². The van der Waals surface area contributed by atoms with E-state index in [1.807, 2.05) is 6.08 Å². The maximum Gasteiger partial charge on any atom is 0.472 e. The SMILES string of the molecule is CCCCCC=CCC=CCC=CCCCCC(=O)OC[C@H](COP(=O)(O)OCCN)OC=CCCCCCCC=CCCCCCCCC. The Bertz CT molecular complexity index is 947. The Hall–Kier alpha value is -1.96. The fourth-order valence-electron chi connectivity index (χ4n) is 4.98. The van der Waals surface area contributed by atoms with E-state index in [2.05, 4.69) is 62.5 Å². The van der Waals surface area contributed by atoms with E-state index in [9.17, 15) is 14.3 Å². The smallest absolute Gasteiger partial charge is 0.472 e. The molecule has 0 heterocycles. The second-order valence-electron chi connectivity index (χ2n) is 12.8. The predicted octanol–water partition coefficient (Wildman–Crippen LogP) is 11.8. The monoisotopic (exact) mass is 724 g/mol. The molecule has 0 spiro atoms. The molecule has 0 amide bonds. The zero-order chi connectivity index (χ0) is 36.6. The van der Waals surface area contributed by atoms with Gasteiger partial charge in [-0.15, -0.1) is 0 Å². The van der Waals surface area contributed by atoms with Gasteiger partial charge in [-0.05, 0) is 89.5 Å². The van der Waals surface area contributed by atoms with Gasteiger partial charge < -0.3 is 20.1 Å². The summed E-state index contributed by atoms with van der Waals surface area (Å²) in [6, 6.07) is 0. The lowest BCUT2D eigenvalue weighted by molar-refractivity contribution is -0.147. The molecular formula is C41H74NO7P. The number of esters is 1. The first-order valence-corrected chi connectivity index (χ1v) is 21.3. The molecule has 50 heavy (non-hydrogen) atoms. The highest BCUT2D eigenvalue weighted by atomic mass is 31.2. The van der Waals surface area contributed by atoms with Gasteiger partial charge in [-0.25, -0.2) is 4.57 Å². The Balaban J connectivity index is 4.23. The topological polar surface area (TPSA) is 117 Å². The van der Waals surface area contributed by atoms with Crippen LogP contribution in [0, 0.1) is 0 Å². The normalized spacial score (nSPS) is 14.2. The van der Waals surface area contributed by atoms with Crippen molar-refractivity contribution in [3.05, 3.63) is 60.9 Å². The van der Waals surface area contributed by atoms with Crippen molar-refractivity contribution in [2.24, 2.45) is 5.73 Å². The number of hydrogen-bond acceptors (Lipinski definition) is 7. The Kier molecular flexibility index (Phi) is 36.8. The number of hydrogen-bond donors (Lipinski definition) is 2. The average molecular weight is 724 g/mol. The van der Waals surface area contributed by atoms with Gasteiger partial charge in [0.1, 0.15) is 6.61 Å². The second-order valence-corrected chi connectivity index (χ2v) is 14.3. The molecule has 0 aliphatic rings. The minimum Gasteiger partial charge on any atom is -0.492 e. The van der Waals surface area contributed by atoms with Crippen LogP contribution in [-0.2, 0) is 27.9 Å². The third-order valence-electron chi connectivity index (χ3n) is 8.00.